The van der Waals surface area contributed by atoms with Crippen molar-refractivity contribution in [3.8, 4) is 16.9 Å². The van der Waals surface area contributed by atoms with Gasteiger partial charge in [0.25, 0.3) is 0 Å². The molecule has 1 atom stereocenters. The van der Waals surface area contributed by atoms with Crippen molar-refractivity contribution >= 4 is 0 Å². The molecule has 2 nitrogen and oxygen atoms in total. The first kappa shape index (κ1) is 14.5. The Bertz CT molecular complexity index is 583. The van der Waals surface area contributed by atoms with Crippen LogP contribution in [0.25, 0.3) is 11.1 Å². The van der Waals surface area contributed by atoms with E-state index in [9.17, 15) is 4.39 Å². The van der Waals surface area contributed by atoms with Crippen LogP contribution in [-0.2, 0) is 0 Å². The number of halogens is 1. The average molecular weight is 273 g/mol. The van der Waals surface area contributed by atoms with E-state index in [0.717, 1.165) is 12.0 Å². The number of ether oxygens (including phenoxy) is 1. The van der Waals surface area contributed by atoms with E-state index >= 15 is 0 Å². The largest absolute Gasteiger partial charge is 0.497 e. The molecule has 0 saturated heterocycles. The molecule has 2 aromatic carbocycles. The highest BCUT2D eigenvalue weighted by atomic mass is 19.1. The van der Waals surface area contributed by atoms with Gasteiger partial charge in [-0.3, -0.25) is 0 Å². The third kappa shape index (κ3) is 3.17. The molecule has 0 radical (unpaired) electrons. The van der Waals surface area contributed by atoms with Crippen LogP contribution in [0.2, 0.25) is 0 Å². The minimum Gasteiger partial charge on any atom is -0.497 e. The van der Waals surface area contributed by atoms with Crippen LogP contribution in [0, 0.1) is 5.82 Å². The van der Waals surface area contributed by atoms with E-state index in [-0.39, 0.29) is 5.82 Å². The van der Waals surface area contributed by atoms with Gasteiger partial charge in [-0.1, -0.05) is 31.2 Å². The van der Waals surface area contributed by atoms with E-state index < -0.39 is 0 Å². The van der Waals surface area contributed by atoms with Crippen LogP contribution in [-0.4, -0.2) is 13.7 Å². The second-order valence-electron chi connectivity index (χ2n) is 4.95. The zero-order valence-electron chi connectivity index (χ0n) is 11.9. The molecule has 0 aliphatic rings. The zero-order valence-corrected chi connectivity index (χ0v) is 11.9. The Morgan fingerprint density at radius 1 is 1.20 bits per heavy atom. The van der Waals surface area contributed by atoms with Crippen molar-refractivity contribution in [2.75, 3.05) is 13.7 Å². The SMILES string of the molecule is COc1ccc(-c2cccc(C(C)CCN)c2)c(F)c1. The number of rotatable bonds is 5. The van der Waals surface area contributed by atoms with Gasteiger partial charge >= 0.3 is 0 Å². The highest BCUT2D eigenvalue weighted by Crippen LogP contribution is 2.29. The third-order valence-corrected chi connectivity index (χ3v) is 3.54. The van der Waals surface area contributed by atoms with Crippen molar-refractivity contribution in [3.63, 3.8) is 0 Å². The molecule has 0 bridgehead atoms. The van der Waals surface area contributed by atoms with Gasteiger partial charge in [0.2, 0.25) is 0 Å². The van der Waals surface area contributed by atoms with Gasteiger partial charge in [0.05, 0.1) is 7.11 Å². The van der Waals surface area contributed by atoms with Gasteiger partial charge < -0.3 is 10.5 Å². The molecule has 0 saturated carbocycles. The third-order valence-electron chi connectivity index (χ3n) is 3.54. The van der Waals surface area contributed by atoms with Gasteiger partial charge in [-0.25, -0.2) is 4.39 Å². The first-order valence-electron chi connectivity index (χ1n) is 6.79. The van der Waals surface area contributed by atoms with E-state index in [1.807, 2.05) is 18.2 Å². The topological polar surface area (TPSA) is 35.2 Å². The van der Waals surface area contributed by atoms with Crippen LogP contribution in [0.5, 0.6) is 5.75 Å². The van der Waals surface area contributed by atoms with Crippen molar-refractivity contribution in [2.24, 2.45) is 5.73 Å². The maximum Gasteiger partial charge on any atom is 0.134 e. The molecule has 0 fully saturated rings. The Kier molecular flexibility index (Phi) is 4.74. The summed E-state index contributed by atoms with van der Waals surface area (Å²) in [6.45, 7) is 2.79. The second kappa shape index (κ2) is 6.53. The van der Waals surface area contributed by atoms with Gasteiger partial charge in [-0.15, -0.1) is 0 Å². The smallest absolute Gasteiger partial charge is 0.134 e. The lowest BCUT2D eigenvalue weighted by molar-refractivity contribution is 0.411. The van der Waals surface area contributed by atoms with E-state index in [0.29, 0.717) is 23.8 Å². The Balaban J connectivity index is 2.35. The van der Waals surface area contributed by atoms with Crippen LogP contribution in [0.4, 0.5) is 4.39 Å². The normalized spacial score (nSPS) is 12.2. The van der Waals surface area contributed by atoms with Crippen molar-refractivity contribution in [1.29, 1.82) is 0 Å². The van der Waals surface area contributed by atoms with Crippen LogP contribution in [0.1, 0.15) is 24.8 Å². The molecule has 0 aliphatic carbocycles. The van der Waals surface area contributed by atoms with Crippen LogP contribution in [0.15, 0.2) is 42.5 Å². The van der Waals surface area contributed by atoms with Gasteiger partial charge in [0, 0.05) is 11.6 Å². The maximum absolute atomic E-state index is 14.1. The second-order valence-corrected chi connectivity index (χ2v) is 4.95. The monoisotopic (exact) mass is 273 g/mol. The molecule has 0 aliphatic heterocycles. The summed E-state index contributed by atoms with van der Waals surface area (Å²) in [5.41, 5.74) is 8.25. The number of methoxy groups -OCH3 is 1. The highest BCUT2D eigenvalue weighted by molar-refractivity contribution is 5.66. The summed E-state index contributed by atoms with van der Waals surface area (Å²) in [4.78, 5) is 0. The van der Waals surface area contributed by atoms with Crippen LogP contribution < -0.4 is 10.5 Å². The van der Waals surface area contributed by atoms with Crippen molar-refractivity contribution in [2.45, 2.75) is 19.3 Å². The van der Waals surface area contributed by atoms with Crippen LogP contribution >= 0.6 is 0 Å². The summed E-state index contributed by atoms with van der Waals surface area (Å²) in [5, 5.41) is 0. The zero-order chi connectivity index (χ0) is 14.5. The Hall–Kier alpha value is -1.87. The summed E-state index contributed by atoms with van der Waals surface area (Å²) in [5.74, 6) is 0.633. The molecular formula is C17H20FNO. The van der Waals surface area contributed by atoms with Crippen molar-refractivity contribution in [1.82, 2.24) is 0 Å². The van der Waals surface area contributed by atoms with E-state index in [1.165, 1.54) is 18.7 Å². The molecule has 1 unspecified atom stereocenters. The number of hydrogen-bond acceptors (Lipinski definition) is 2. The standard InChI is InChI=1S/C17H20FNO/c1-12(8-9-19)13-4-3-5-14(10-13)16-7-6-15(20-2)11-17(16)18/h3-7,10-12H,8-9,19H2,1-2H3. The Morgan fingerprint density at radius 3 is 2.65 bits per heavy atom. The van der Waals surface area contributed by atoms with E-state index in [2.05, 4.69) is 13.0 Å². The molecule has 2 N–H and O–H groups in total. The lowest BCUT2D eigenvalue weighted by Gasteiger charge is -2.13. The summed E-state index contributed by atoms with van der Waals surface area (Å²) in [6, 6.07) is 12.9. The van der Waals surface area contributed by atoms with Crippen molar-refractivity contribution < 1.29 is 9.13 Å². The number of benzene rings is 2. The lowest BCUT2D eigenvalue weighted by atomic mass is 9.94. The number of nitrogens with two attached hydrogens (primary N) is 1. The molecule has 106 valence electrons. The van der Waals surface area contributed by atoms with E-state index in [4.69, 9.17) is 10.5 Å². The Morgan fingerprint density at radius 2 is 2.00 bits per heavy atom. The molecular weight excluding hydrogens is 253 g/mol. The van der Waals surface area contributed by atoms with Gasteiger partial charge in [0.15, 0.2) is 0 Å². The minimum atomic E-state index is -0.270. The number of hydrogen-bond donors (Lipinski definition) is 1. The molecule has 0 spiro atoms. The summed E-state index contributed by atoms with van der Waals surface area (Å²) in [7, 11) is 1.53. The molecule has 0 aromatic heterocycles. The summed E-state index contributed by atoms with van der Waals surface area (Å²) >= 11 is 0. The molecule has 20 heavy (non-hydrogen) atoms. The fourth-order valence-electron chi connectivity index (χ4n) is 2.29. The first-order chi connectivity index (χ1) is 9.65. The lowest BCUT2D eigenvalue weighted by Crippen LogP contribution is -2.04. The van der Waals surface area contributed by atoms with Gasteiger partial charge in [-0.05, 0) is 42.1 Å². The molecule has 0 amide bonds. The van der Waals surface area contributed by atoms with Crippen molar-refractivity contribution in [3.05, 3.63) is 53.8 Å². The quantitative estimate of drug-likeness (QED) is 0.895. The predicted molar refractivity (Wildman–Crippen MR) is 80.5 cm³/mol. The highest BCUT2D eigenvalue weighted by Gasteiger charge is 2.09. The maximum atomic E-state index is 14.1. The molecule has 2 aromatic rings. The fraction of sp³-hybridized carbons (Fsp3) is 0.294. The molecule has 0 heterocycles. The Labute approximate surface area is 119 Å². The van der Waals surface area contributed by atoms with Gasteiger partial charge in [-0.2, -0.15) is 0 Å². The van der Waals surface area contributed by atoms with E-state index in [1.54, 1.807) is 12.1 Å². The predicted octanol–water partition coefficient (Wildman–Crippen LogP) is 3.95. The molecule has 2 rings (SSSR count). The summed E-state index contributed by atoms with van der Waals surface area (Å²) < 4.78 is 19.1. The average Bonchev–Trinajstić information content (AvgIpc) is 2.47. The summed E-state index contributed by atoms with van der Waals surface area (Å²) in [6.07, 6.45) is 0.925. The first-order valence-corrected chi connectivity index (χ1v) is 6.79. The van der Waals surface area contributed by atoms with Crippen LogP contribution in [0.3, 0.4) is 0 Å². The minimum absolute atomic E-state index is 0.270. The van der Waals surface area contributed by atoms with Gasteiger partial charge in [0.1, 0.15) is 11.6 Å². The fourth-order valence-corrected chi connectivity index (χ4v) is 2.29. The molecule has 3 heteroatoms.